The van der Waals surface area contributed by atoms with Gasteiger partial charge in [-0.3, -0.25) is 4.79 Å². The minimum Gasteiger partial charge on any atom is -0.461 e. The molecule has 3 aromatic rings. The predicted molar refractivity (Wildman–Crippen MR) is 104 cm³/mol. The molecule has 0 amide bonds. The number of para-hydroxylation sites is 1. The third kappa shape index (κ3) is 4.23. The van der Waals surface area contributed by atoms with Crippen LogP contribution >= 0.6 is 0 Å². The van der Waals surface area contributed by atoms with Gasteiger partial charge in [-0.15, -0.1) is 0 Å². The molecule has 0 aliphatic heterocycles. The summed E-state index contributed by atoms with van der Waals surface area (Å²) in [5.74, 6) is -0.579. The molecule has 0 aliphatic rings. The molecule has 0 spiro atoms. The maximum absolute atomic E-state index is 12.6. The lowest BCUT2D eigenvalue weighted by atomic mass is 10.1. The van der Waals surface area contributed by atoms with Crippen LogP contribution in [-0.4, -0.2) is 22.4 Å². The number of hydrogen-bond donors (Lipinski definition) is 1. The Morgan fingerprint density at radius 2 is 1.74 bits per heavy atom. The third-order valence-corrected chi connectivity index (χ3v) is 4.07. The first-order valence-electron chi connectivity index (χ1n) is 8.78. The summed E-state index contributed by atoms with van der Waals surface area (Å²) < 4.78 is 6.33. The molecule has 0 bridgehead atoms. The summed E-state index contributed by atoms with van der Waals surface area (Å²) >= 11 is 0. The number of esters is 1. The number of anilines is 1. The topological polar surface area (TPSA) is 73.2 Å². The minimum absolute atomic E-state index is 0.0723. The van der Waals surface area contributed by atoms with E-state index in [2.05, 4.69) is 10.4 Å². The quantitative estimate of drug-likeness (QED) is 0.678. The van der Waals surface area contributed by atoms with Crippen LogP contribution in [0, 0.1) is 0 Å². The van der Waals surface area contributed by atoms with Gasteiger partial charge in [-0.2, -0.15) is 9.78 Å². The second-order valence-corrected chi connectivity index (χ2v) is 5.99. The van der Waals surface area contributed by atoms with E-state index in [0.717, 1.165) is 5.56 Å². The molecule has 6 heteroatoms. The molecule has 1 atom stereocenters. The van der Waals surface area contributed by atoms with Crippen molar-refractivity contribution in [3.05, 3.63) is 88.3 Å². The Balaban J connectivity index is 2.03. The Labute approximate surface area is 157 Å². The number of nitrogens with one attached hydrogen (secondary N) is 1. The number of carbonyl (C=O) groups is 1. The average molecular weight is 363 g/mol. The monoisotopic (exact) mass is 363 g/mol. The zero-order chi connectivity index (χ0) is 19.2. The highest BCUT2D eigenvalue weighted by molar-refractivity contribution is 5.93. The van der Waals surface area contributed by atoms with Crippen LogP contribution in [0.4, 0.5) is 5.69 Å². The van der Waals surface area contributed by atoms with E-state index in [1.54, 1.807) is 31.2 Å². The molecule has 6 nitrogen and oxygen atoms in total. The van der Waals surface area contributed by atoms with Crippen molar-refractivity contribution >= 4 is 11.7 Å². The van der Waals surface area contributed by atoms with Gasteiger partial charge >= 0.3 is 5.97 Å². The van der Waals surface area contributed by atoms with E-state index in [9.17, 15) is 9.59 Å². The fraction of sp³-hybridized carbons (Fsp3) is 0.190. The normalized spacial score (nSPS) is 11.6. The smallest absolute Gasteiger partial charge is 0.360 e. The first kappa shape index (κ1) is 18.4. The van der Waals surface area contributed by atoms with Crippen LogP contribution in [0.5, 0.6) is 0 Å². The summed E-state index contributed by atoms with van der Waals surface area (Å²) in [4.78, 5) is 25.0. The van der Waals surface area contributed by atoms with Crippen LogP contribution < -0.4 is 10.9 Å². The number of rotatable bonds is 6. The number of ether oxygens (including phenoxy) is 1. The van der Waals surface area contributed by atoms with Gasteiger partial charge in [0.15, 0.2) is 5.69 Å². The van der Waals surface area contributed by atoms with Crippen LogP contribution in [0.3, 0.4) is 0 Å². The molecular formula is C21H21N3O3. The first-order chi connectivity index (χ1) is 13.1. The molecule has 0 saturated heterocycles. The number of nitrogens with zero attached hydrogens (tertiary/aromatic N) is 2. The summed E-state index contributed by atoms with van der Waals surface area (Å²) in [5.41, 5.74) is 1.69. The van der Waals surface area contributed by atoms with E-state index in [1.807, 2.05) is 43.3 Å². The Bertz CT molecular complexity index is 969. The van der Waals surface area contributed by atoms with E-state index in [0.29, 0.717) is 11.4 Å². The molecule has 1 N–H and O–H groups in total. The van der Waals surface area contributed by atoms with Gasteiger partial charge in [-0.1, -0.05) is 48.5 Å². The maximum atomic E-state index is 12.6. The number of aromatic nitrogens is 2. The number of carbonyl (C=O) groups excluding carboxylic acids is 1. The highest BCUT2D eigenvalue weighted by Crippen LogP contribution is 2.21. The van der Waals surface area contributed by atoms with Gasteiger partial charge in [-0.25, -0.2) is 4.79 Å². The van der Waals surface area contributed by atoms with E-state index in [1.165, 1.54) is 10.7 Å². The molecule has 3 rings (SSSR count). The van der Waals surface area contributed by atoms with Crippen LogP contribution in [0.25, 0.3) is 5.69 Å². The first-order valence-corrected chi connectivity index (χ1v) is 8.78. The molecule has 0 aliphatic carbocycles. The van der Waals surface area contributed by atoms with Crippen LogP contribution in [0.2, 0.25) is 0 Å². The minimum atomic E-state index is -0.579. The molecule has 27 heavy (non-hydrogen) atoms. The van der Waals surface area contributed by atoms with Crippen molar-refractivity contribution in [2.24, 2.45) is 0 Å². The fourth-order valence-corrected chi connectivity index (χ4v) is 2.73. The molecule has 0 radical (unpaired) electrons. The largest absolute Gasteiger partial charge is 0.461 e. The average Bonchev–Trinajstić information content (AvgIpc) is 2.69. The molecule has 1 aromatic heterocycles. The van der Waals surface area contributed by atoms with Crippen molar-refractivity contribution in [3.8, 4) is 5.69 Å². The Kier molecular flexibility index (Phi) is 5.66. The highest BCUT2D eigenvalue weighted by Gasteiger charge is 2.20. The van der Waals surface area contributed by atoms with Crippen LogP contribution in [0.15, 0.2) is 71.5 Å². The second kappa shape index (κ2) is 8.31. The van der Waals surface area contributed by atoms with Gasteiger partial charge in [0.2, 0.25) is 0 Å². The lowest BCUT2D eigenvalue weighted by molar-refractivity contribution is 0.0518. The van der Waals surface area contributed by atoms with Gasteiger partial charge in [-0.05, 0) is 31.5 Å². The molecule has 138 valence electrons. The van der Waals surface area contributed by atoms with Crippen molar-refractivity contribution in [2.75, 3.05) is 11.9 Å². The molecule has 0 saturated carbocycles. The van der Waals surface area contributed by atoms with Crippen molar-refractivity contribution in [1.29, 1.82) is 0 Å². The molecule has 2 aromatic carbocycles. The van der Waals surface area contributed by atoms with Crippen LogP contribution in [0.1, 0.15) is 35.9 Å². The van der Waals surface area contributed by atoms with E-state index >= 15 is 0 Å². The van der Waals surface area contributed by atoms with E-state index in [-0.39, 0.29) is 23.9 Å². The zero-order valence-electron chi connectivity index (χ0n) is 15.3. The SMILES string of the molecule is CCOC(=O)c1nn(-c2ccccc2)c(=O)cc1NC(C)c1ccccc1. The summed E-state index contributed by atoms with van der Waals surface area (Å²) in [6, 6.07) is 20.0. The second-order valence-electron chi connectivity index (χ2n) is 5.99. The summed E-state index contributed by atoms with van der Waals surface area (Å²) in [6.07, 6.45) is 0. The fourth-order valence-electron chi connectivity index (χ4n) is 2.73. The molecular weight excluding hydrogens is 342 g/mol. The van der Waals surface area contributed by atoms with Gasteiger partial charge in [0.1, 0.15) is 0 Å². The number of benzene rings is 2. The lowest BCUT2D eigenvalue weighted by Gasteiger charge is -2.18. The van der Waals surface area contributed by atoms with E-state index < -0.39 is 5.97 Å². The Morgan fingerprint density at radius 3 is 2.37 bits per heavy atom. The maximum Gasteiger partial charge on any atom is 0.360 e. The van der Waals surface area contributed by atoms with Crippen molar-refractivity contribution < 1.29 is 9.53 Å². The predicted octanol–water partition coefficient (Wildman–Crippen LogP) is 3.58. The van der Waals surface area contributed by atoms with Gasteiger partial charge in [0.05, 0.1) is 18.0 Å². The van der Waals surface area contributed by atoms with Crippen molar-refractivity contribution in [2.45, 2.75) is 19.9 Å². The van der Waals surface area contributed by atoms with Crippen LogP contribution in [-0.2, 0) is 4.74 Å². The summed E-state index contributed by atoms with van der Waals surface area (Å²) in [7, 11) is 0. The lowest BCUT2D eigenvalue weighted by Crippen LogP contribution is -2.26. The highest BCUT2D eigenvalue weighted by atomic mass is 16.5. The molecule has 1 unspecified atom stereocenters. The molecule has 0 fully saturated rings. The van der Waals surface area contributed by atoms with Gasteiger partial charge < -0.3 is 10.1 Å². The Morgan fingerprint density at radius 1 is 1.11 bits per heavy atom. The van der Waals surface area contributed by atoms with Gasteiger partial charge in [0.25, 0.3) is 5.56 Å². The van der Waals surface area contributed by atoms with E-state index in [4.69, 9.17) is 4.74 Å². The van der Waals surface area contributed by atoms with Gasteiger partial charge in [0, 0.05) is 12.1 Å². The zero-order valence-corrected chi connectivity index (χ0v) is 15.3. The molecule has 1 heterocycles. The Hall–Kier alpha value is -3.41. The summed E-state index contributed by atoms with van der Waals surface area (Å²) in [5, 5.41) is 7.48. The number of hydrogen-bond acceptors (Lipinski definition) is 5. The summed E-state index contributed by atoms with van der Waals surface area (Å²) in [6.45, 7) is 3.90. The third-order valence-electron chi connectivity index (χ3n) is 4.07. The standard InChI is InChI=1S/C21H21N3O3/c1-3-27-21(26)20-18(22-15(2)16-10-6-4-7-11-16)14-19(25)24(23-20)17-12-8-5-9-13-17/h4-15,22H,3H2,1-2H3. The van der Waals surface area contributed by atoms with Crippen molar-refractivity contribution in [3.63, 3.8) is 0 Å². The van der Waals surface area contributed by atoms with Crippen molar-refractivity contribution in [1.82, 2.24) is 9.78 Å².